The van der Waals surface area contributed by atoms with Crippen LogP contribution in [0.4, 0.5) is 0 Å². The van der Waals surface area contributed by atoms with E-state index in [0.717, 1.165) is 30.8 Å². The fraction of sp³-hybridized carbons (Fsp3) is 0.312. The molecule has 3 aromatic heterocycles. The molecule has 4 rings (SSSR count). The lowest BCUT2D eigenvalue weighted by molar-refractivity contribution is 0.0737. The lowest BCUT2D eigenvalue weighted by Gasteiger charge is -2.24. The summed E-state index contributed by atoms with van der Waals surface area (Å²) in [5.41, 5.74) is 3.99. The van der Waals surface area contributed by atoms with E-state index < -0.39 is 0 Å². The van der Waals surface area contributed by atoms with Crippen LogP contribution in [0.25, 0.3) is 11.5 Å². The highest BCUT2D eigenvalue weighted by Gasteiger charge is 2.35. The normalized spacial score (nSPS) is 17.4. The highest BCUT2D eigenvalue weighted by molar-refractivity contribution is 7.11. The number of carbonyl (C=O) groups excluding carboxylic acids is 1. The van der Waals surface area contributed by atoms with Gasteiger partial charge in [0.1, 0.15) is 10.6 Å². The van der Waals surface area contributed by atoms with Gasteiger partial charge in [0.25, 0.3) is 5.91 Å². The summed E-state index contributed by atoms with van der Waals surface area (Å²) in [5, 5.41) is 0. The maximum atomic E-state index is 12.9. The van der Waals surface area contributed by atoms with Gasteiger partial charge in [-0.2, -0.15) is 0 Å². The molecule has 1 fully saturated rings. The van der Waals surface area contributed by atoms with Crippen molar-refractivity contribution in [1.82, 2.24) is 29.8 Å². The average Bonchev–Trinajstić information content (AvgIpc) is 3.35. The van der Waals surface area contributed by atoms with Gasteiger partial charge in [0.2, 0.25) is 0 Å². The first kappa shape index (κ1) is 14.9. The maximum Gasteiger partial charge on any atom is 0.266 e. The van der Waals surface area contributed by atoms with Crippen molar-refractivity contribution in [3.8, 4) is 11.5 Å². The summed E-state index contributed by atoms with van der Waals surface area (Å²) in [6.45, 7) is 2.58. The quantitative estimate of drug-likeness (QED) is 0.792. The summed E-state index contributed by atoms with van der Waals surface area (Å²) in [6, 6.07) is -0.0900. The molecular weight excluding hydrogens is 324 g/mol. The van der Waals surface area contributed by atoms with Crippen LogP contribution in [-0.2, 0) is 0 Å². The predicted molar refractivity (Wildman–Crippen MR) is 89.5 cm³/mol. The van der Waals surface area contributed by atoms with Gasteiger partial charge in [0.05, 0.1) is 22.9 Å². The number of aromatic amines is 1. The third-order valence-corrected chi connectivity index (χ3v) is 5.13. The minimum absolute atomic E-state index is 0.0218. The Morgan fingerprint density at radius 3 is 2.88 bits per heavy atom. The topological polar surface area (TPSA) is 87.7 Å². The summed E-state index contributed by atoms with van der Waals surface area (Å²) >= 11 is 1.39. The third-order valence-electron chi connectivity index (χ3n) is 4.22. The molecule has 0 saturated carbocycles. The van der Waals surface area contributed by atoms with Crippen LogP contribution >= 0.6 is 11.3 Å². The van der Waals surface area contributed by atoms with E-state index in [1.807, 2.05) is 11.8 Å². The van der Waals surface area contributed by atoms with Crippen LogP contribution in [0, 0.1) is 6.92 Å². The van der Waals surface area contributed by atoms with E-state index in [2.05, 4.69) is 24.9 Å². The summed E-state index contributed by atoms with van der Waals surface area (Å²) in [6.07, 6.45) is 8.58. The molecule has 1 atom stereocenters. The van der Waals surface area contributed by atoms with Crippen LogP contribution in [0.2, 0.25) is 0 Å². The van der Waals surface area contributed by atoms with Gasteiger partial charge >= 0.3 is 0 Å². The number of hydrogen-bond donors (Lipinski definition) is 1. The Bertz CT molecular complexity index is 859. The van der Waals surface area contributed by atoms with Gasteiger partial charge < -0.3 is 9.88 Å². The molecule has 1 aliphatic heterocycles. The van der Waals surface area contributed by atoms with Crippen LogP contribution in [0.1, 0.15) is 39.9 Å². The van der Waals surface area contributed by atoms with Gasteiger partial charge in [-0.1, -0.05) is 0 Å². The van der Waals surface area contributed by atoms with E-state index in [1.165, 1.54) is 11.3 Å². The van der Waals surface area contributed by atoms with Crippen molar-refractivity contribution >= 4 is 17.2 Å². The zero-order chi connectivity index (χ0) is 16.5. The number of aryl methyl sites for hydroxylation is 1. The van der Waals surface area contributed by atoms with Crippen LogP contribution in [0.3, 0.4) is 0 Å². The number of imidazole rings is 1. The smallest absolute Gasteiger partial charge is 0.266 e. The summed E-state index contributed by atoms with van der Waals surface area (Å²) < 4.78 is 0. The Balaban J connectivity index is 1.72. The number of likely N-dealkylation sites (tertiary alicyclic amines) is 1. The minimum Gasteiger partial charge on any atom is -0.343 e. The van der Waals surface area contributed by atoms with Crippen LogP contribution < -0.4 is 0 Å². The Kier molecular flexibility index (Phi) is 3.81. The molecule has 0 radical (unpaired) electrons. The zero-order valence-electron chi connectivity index (χ0n) is 13.1. The predicted octanol–water partition coefficient (Wildman–Crippen LogP) is 2.61. The molecule has 4 heterocycles. The van der Waals surface area contributed by atoms with Gasteiger partial charge in [0.15, 0.2) is 5.82 Å². The third kappa shape index (κ3) is 2.48. The van der Waals surface area contributed by atoms with Crippen LogP contribution in [0.5, 0.6) is 0 Å². The van der Waals surface area contributed by atoms with Crippen molar-refractivity contribution in [2.24, 2.45) is 0 Å². The second kappa shape index (κ2) is 6.12. The minimum atomic E-state index is -0.0900. The fourth-order valence-corrected chi connectivity index (χ4v) is 3.86. The first-order valence-corrected chi connectivity index (χ1v) is 8.65. The first-order chi connectivity index (χ1) is 11.8. The number of thiazole rings is 1. The second-order valence-corrected chi connectivity index (χ2v) is 6.51. The molecule has 1 saturated heterocycles. The Morgan fingerprint density at radius 1 is 1.25 bits per heavy atom. The Labute approximate surface area is 142 Å². The molecule has 1 N–H and O–H groups in total. The van der Waals surface area contributed by atoms with Crippen molar-refractivity contribution in [2.45, 2.75) is 25.8 Å². The van der Waals surface area contributed by atoms with E-state index in [0.29, 0.717) is 16.4 Å². The molecule has 0 spiro atoms. The largest absolute Gasteiger partial charge is 0.343 e. The second-order valence-electron chi connectivity index (χ2n) is 5.65. The summed E-state index contributed by atoms with van der Waals surface area (Å²) in [5.74, 6) is 0.694. The molecule has 1 amide bonds. The lowest BCUT2D eigenvalue weighted by atomic mass is 10.1. The molecule has 3 aromatic rings. The van der Waals surface area contributed by atoms with E-state index in [-0.39, 0.29) is 11.9 Å². The highest BCUT2D eigenvalue weighted by Crippen LogP contribution is 2.36. The Hall–Kier alpha value is -2.61. The monoisotopic (exact) mass is 340 g/mol. The molecule has 1 aliphatic rings. The van der Waals surface area contributed by atoms with Gasteiger partial charge in [-0.15, -0.1) is 11.3 Å². The van der Waals surface area contributed by atoms with E-state index in [1.54, 1.807) is 30.3 Å². The molecule has 122 valence electrons. The van der Waals surface area contributed by atoms with E-state index >= 15 is 0 Å². The number of carbonyl (C=O) groups is 1. The number of aromatic nitrogens is 5. The van der Waals surface area contributed by atoms with Crippen molar-refractivity contribution in [2.75, 3.05) is 6.54 Å². The molecule has 8 heteroatoms. The molecule has 7 nitrogen and oxygen atoms in total. The molecule has 0 aliphatic carbocycles. The first-order valence-electron chi connectivity index (χ1n) is 7.77. The zero-order valence-corrected chi connectivity index (χ0v) is 14.0. The molecular formula is C16H16N6OS. The number of nitrogens with one attached hydrogen (secondary N) is 1. The molecule has 24 heavy (non-hydrogen) atoms. The van der Waals surface area contributed by atoms with Crippen molar-refractivity contribution in [3.63, 3.8) is 0 Å². The standard InChI is InChI=1S/C16H16N6OS/c1-10-14(24-9-21-10)16(23)22-8-2-3-11(22)12-13(18-5-4-17-12)15-19-6-7-20-15/h4-7,9,11H,2-3,8H2,1H3,(H,19,20)/t11-/m0/s1. The fourth-order valence-electron chi connectivity index (χ4n) is 3.10. The molecule has 0 unspecified atom stereocenters. The van der Waals surface area contributed by atoms with Crippen LogP contribution in [0.15, 0.2) is 30.3 Å². The molecule has 0 aromatic carbocycles. The highest BCUT2D eigenvalue weighted by atomic mass is 32.1. The maximum absolute atomic E-state index is 12.9. The average molecular weight is 340 g/mol. The number of hydrogen-bond acceptors (Lipinski definition) is 6. The van der Waals surface area contributed by atoms with Crippen molar-refractivity contribution < 1.29 is 4.79 Å². The molecule has 0 bridgehead atoms. The van der Waals surface area contributed by atoms with Crippen molar-refractivity contribution in [1.29, 1.82) is 0 Å². The van der Waals surface area contributed by atoms with Gasteiger partial charge in [-0.3, -0.25) is 9.78 Å². The lowest BCUT2D eigenvalue weighted by Crippen LogP contribution is -2.31. The Morgan fingerprint density at radius 2 is 2.12 bits per heavy atom. The van der Waals surface area contributed by atoms with Gasteiger partial charge in [-0.25, -0.2) is 15.0 Å². The SMILES string of the molecule is Cc1ncsc1C(=O)N1CCC[C@H]1c1nccnc1-c1ncc[nH]1. The van der Waals surface area contributed by atoms with Crippen LogP contribution in [-0.4, -0.2) is 42.3 Å². The number of rotatable bonds is 3. The van der Waals surface area contributed by atoms with Crippen molar-refractivity contribution in [3.05, 3.63) is 46.6 Å². The summed E-state index contributed by atoms with van der Waals surface area (Å²) in [4.78, 5) is 36.0. The summed E-state index contributed by atoms with van der Waals surface area (Å²) in [7, 11) is 0. The number of H-pyrrole nitrogens is 1. The van der Waals surface area contributed by atoms with Gasteiger partial charge in [0, 0.05) is 31.3 Å². The number of amides is 1. The number of nitrogens with zero attached hydrogens (tertiary/aromatic N) is 5. The van der Waals surface area contributed by atoms with E-state index in [9.17, 15) is 4.79 Å². The van der Waals surface area contributed by atoms with E-state index in [4.69, 9.17) is 0 Å². The van der Waals surface area contributed by atoms with Gasteiger partial charge in [-0.05, 0) is 19.8 Å².